The van der Waals surface area contributed by atoms with Crippen LogP contribution in [0.25, 0.3) is 11.3 Å². The fourth-order valence-electron chi connectivity index (χ4n) is 3.85. The highest BCUT2D eigenvalue weighted by Crippen LogP contribution is 2.33. The summed E-state index contributed by atoms with van der Waals surface area (Å²) in [5.74, 6) is 0. The highest BCUT2D eigenvalue weighted by molar-refractivity contribution is 7.17. The van der Waals surface area contributed by atoms with Gasteiger partial charge < -0.3 is 9.64 Å². The first-order valence-corrected chi connectivity index (χ1v) is 10.8. The van der Waals surface area contributed by atoms with Crippen molar-refractivity contribution in [3.63, 3.8) is 0 Å². The summed E-state index contributed by atoms with van der Waals surface area (Å²) in [7, 11) is 0. The number of ether oxygens (including phenoxy) is 1. The number of hydrazone groups is 1. The minimum Gasteiger partial charge on any atom is -0.378 e. The van der Waals surface area contributed by atoms with E-state index in [-0.39, 0.29) is 0 Å². The molecule has 6 heteroatoms. The number of piperidine rings is 1. The molecule has 2 atom stereocenters. The van der Waals surface area contributed by atoms with Gasteiger partial charge in [0.1, 0.15) is 0 Å². The summed E-state index contributed by atoms with van der Waals surface area (Å²) in [5, 5.41) is 8.23. The Hall–Kier alpha value is -1.92. The summed E-state index contributed by atoms with van der Waals surface area (Å²) in [6.07, 6.45) is 5.76. The van der Waals surface area contributed by atoms with Gasteiger partial charge >= 0.3 is 0 Å². The van der Waals surface area contributed by atoms with Crippen molar-refractivity contribution in [1.29, 1.82) is 0 Å². The Morgan fingerprint density at radius 2 is 1.81 bits per heavy atom. The molecule has 144 valence electrons. The largest absolute Gasteiger partial charge is 0.378 e. The minimum atomic E-state index is 0.497. The van der Waals surface area contributed by atoms with Gasteiger partial charge in [-0.25, -0.2) is 4.98 Å². The molecule has 0 amide bonds. The summed E-state index contributed by atoms with van der Waals surface area (Å²) in [6.45, 7) is 7.89. The Morgan fingerprint density at radius 1 is 1.11 bits per heavy atom. The van der Waals surface area contributed by atoms with Crippen molar-refractivity contribution in [1.82, 2.24) is 9.99 Å². The Morgan fingerprint density at radius 3 is 2.52 bits per heavy atom. The Labute approximate surface area is 165 Å². The summed E-state index contributed by atoms with van der Waals surface area (Å²) < 4.78 is 5.50. The predicted molar refractivity (Wildman–Crippen MR) is 113 cm³/mol. The molecule has 1 aromatic carbocycles. The smallest absolute Gasteiger partial charge is 0.186 e. The molecule has 4 rings (SSSR count). The fraction of sp³-hybridized carbons (Fsp3) is 0.524. The molecule has 1 aromatic heterocycles. The molecule has 0 unspecified atom stereocenters. The van der Waals surface area contributed by atoms with Gasteiger partial charge in [0.05, 0.1) is 30.0 Å². The molecular weight excluding hydrogens is 356 g/mol. The normalized spacial score (nSPS) is 23.9. The predicted octanol–water partition coefficient (Wildman–Crippen LogP) is 4.24. The zero-order valence-corrected chi connectivity index (χ0v) is 17.0. The van der Waals surface area contributed by atoms with Crippen LogP contribution in [-0.2, 0) is 4.74 Å². The molecule has 3 heterocycles. The second-order valence-electron chi connectivity index (χ2n) is 7.43. The number of morpholine rings is 1. The molecule has 0 radical (unpaired) electrons. The zero-order chi connectivity index (χ0) is 18.6. The van der Waals surface area contributed by atoms with Gasteiger partial charge in [0.2, 0.25) is 0 Å². The molecule has 5 nitrogen and oxygen atoms in total. The van der Waals surface area contributed by atoms with Crippen molar-refractivity contribution < 1.29 is 4.74 Å². The molecule has 2 aromatic rings. The van der Waals surface area contributed by atoms with E-state index in [0.29, 0.717) is 12.1 Å². The van der Waals surface area contributed by atoms with E-state index in [4.69, 9.17) is 14.8 Å². The second kappa shape index (κ2) is 8.40. The third-order valence-electron chi connectivity index (χ3n) is 5.43. The van der Waals surface area contributed by atoms with Gasteiger partial charge in [0.25, 0.3) is 0 Å². The van der Waals surface area contributed by atoms with E-state index in [1.54, 1.807) is 11.3 Å². The van der Waals surface area contributed by atoms with Crippen molar-refractivity contribution >= 4 is 22.7 Å². The van der Waals surface area contributed by atoms with Crippen LogP contribution in [0, 0.1) is 0 Å². The van der Waals surface area contributed by atoms with Crippen LogP contribution in [0.5, 0.6) is 0 Å². The third-order valence-corrected chi connectivity index (χ3v) is 6.48. The maximum Gasteiger partial charge on any atom is 0.186 e. The lowest BCUT2D eigenvalue weighted by Crippen LogP contribution is -2.39. The van der Waals surface area contributed by atoms with Crippen LogP contribution in [0.3, 0.4) is 0 Å². The third kappa shape index (κ3) is 4.17. The average Bonchev–Trinajstić information content (AvgIpc) is 3.13. The number of benzene rings is 1. The van der Waals surface area contributed by atoms with Gasteiger partial charge in [-0.3, -0.25) is 5.01 Å². The number of hydrogen-bond donors (Lipinski definition) is 0. The molecule has 2 aliphatic rings. The number of nitrogens with zero attached hydrogens (tertiary/aromatic N) is 4. The van der Waals surface area contributed by atoms with Crippen LogP contribution in [-0.4, -0.2) is 54.6 Å². The highest BCUT2D eigenvalue weighted by atomic mass is 32.1. The quantitative estimate of drug-likeness (QED) is 0.739. The van der Waals surface area contributed by atoms with Gasteiger partial charge in [0.15, 0.2) is 5.13 Å². The van der Waals surface area contributed by atoms with Gasteiger partial charge in [-0.1, -0.05) is 41.7 Å². The molecule has 0 aliphatic carbocycles. The maximum absolute atomic E-state index is 5.50. The van der Waals surface area contributed by atoms with Gasteiger partial charge in [-0.2, -0.15) is 5.10 Å². The van der Waals surface area contributed by atoms with Crippen LogP contribution in [0.4, 0.5) is 5.13 Å². The SMILES string of the molecule is C[C@@H]1CCC[C@H](C)N1/N=C\c1sc(N2CCOCC2)nc1-c1ccccc1. The van der Waals surface area contributed by atoms with Crippen molar-refractivity contribution in [2.45, 2.75) is 45.2 Å². The van der Waals surface area contributed by atoms with E-state index in [9.17, 15) is 0 Å². The van der Waals surface area contributed by atoms with Gasteiger partial charge in [-0.15, -0.1) is 0 Å². The molecule has 0 saturated carbocycles. The summed E-state index contributed by atoms with van der Waals surface area (Å²) in [4.78, 5) is 8.44. The zero-order valence-electron chi connectivity index (χ0n) is 16.2. The highest BCUT2D eigenvalue weighted by Gasteiger charge is 2.23. The summed E-state index contributed by atoms with van der Waals surface area (Å²) in [5.41, 5.74) is 2.18. The van der Waals surface area contributed by atoms with E-state index < -0.39 is 0 Å². The van der Waals surface area contributed by atoms with Crippen LogP contribution >= 0.6 is 11.3 Å². The fourth-order valence-corrected chi connectivity index (χ4v) is 4.86. The maximum atomic E-state index is 5.50. The van der Waals surface area contributed by atoms with Crippen LogP contribution in [0.15, 0.2) is 35.4 Å². The summed E-state index contributed by atoms with van der Waals surface area (Å²) in [6, 6.07) is 11.4. The number of rotatable bonds is 4. The number of anilines is 1. The second-order valence-corrected chi connectivity index (χ2v) is 8.44. The number of thiazole rings is 1. The van der Waals surface area contributed by atoms with Crippen LogP contribution in [0.1, 0.15) is 38.0 Å². The molecule has 27 heavy (non-hydrogen) atoms. The van der Waals surface area contributed by atoms with E-state index in [0.717, 1.165) is 47.6 Å². The Bertz CT molecular complexity index is 760. The molecule has 0 N–H and O–H groups in total. The van der Waals surface area contributed by atoms with Gasteiger partial charge in [-0.05, 0) is 33.1 Å². The van der Waals surface area contributed by atoms with Crippen molar-refractivity contribution in [3.8, 4) is 11.3 Å². The lowest BCUT2D eigenvalue weighted by Gasteiger charge is -2.36. The van der Waals surface area contributed by atoms with Crippen LogP contribution in [0.2, 0.25) is 0 Å². The summed E-state index contributed by atoms with van der Waals surface area (Å²) >= 11 is 1.74. The van der Waals surface area contributed by atoms with Crippen molar-refractivity contribution in [3.05, 3.63) is 35.2 Å². The molecule has 2 fully saturated rings. The first-order valence-electron chi connectivity index (χ1n) is 9.93. The first-order chi connectivity index (χ1) is 13.2. The molecule has 2 aliphatic heterocycles. The minimum absolute atomic E-state index is 0.497. The van der Waals surface area contributed by atoms with E-state index in [2.05, 4.69) is 48.0 Å². The number of aromatic nitrogens is 1. The Kier molecular flexibility index (Phi) is 5.74. The molecule has 0 spiro atoms. The van der Waals surface area contributed by atoms with Crippen LogP contribution < -0.4 is 4.90 Å². The number of hydrogen-bond acceptors (Lipinski definition) is 6. The lowest BCUT2D eigenvalue weighted by molar-refractivity contribution is 0.109. The Balaban J connectivity index is 1.65. The standard InChI is InChI=1S/C21H28N4OS/c1-16-7-6-8-17(2)25(16)22-15-19-20(18-9-4-3-5-10-18)23-21(27-19)24-11-13-26-14-12-24/h3-5,9-10,15-17H,6-8,11-14H2,1-2H3/b22-15-/t16-,17+. The van der Waals surface area contributed by atoms with E-state index in [1.165, 1.54) is 19.3 Å². The van der Waals surface area contributed by atoms with Gasteiger partial charge in [0, 0.05) is 30.7 Å². The van der Waals surface area contributed by atoms with E-state index in [1.807, 2.05) is 12.3 Å². The monoisotopic (exact) mass is 384 g/mol. The van der Waals surface area contributed by atoms with Crippen molar-refractivity contribution in [2.75, 3.05) is 31.2 Å². The topological polar surface area (TPSA) is 41.0 Å². The molecular formula is C21H28N4OS. The van der Waals surface area contributed by atoms with Crippen molar-refractivity contribution in [2.24, 2.45) is 5.10 Å². The molecule has 0 bridgehead atoms. The molecule has 2 saturated heterocycles. The first kappa shape index (κ1) is 18.4. The average molecular weight is 385 g/mol. The van der Waals surface area contributed by atoms with E-state index >= 15 is 0 Å². The lowest BCUT2D eigenvalue weighted by atomic mass is 10.00.